The average molecular weight is 477 g/mol. The molecule has 2 aliphatic rings. The number of hydrogen-bond acceptors (Lipinski definition) is 5. The van der Waals surface area contributed by atoms with Crippen molar-refractivity contribution >= 4 is 41.2 Å². The van der Waals surface area contributed by atoms with Crippen LogP contribution >= 0.6 is 0 Å². The smallest absolute Gasteiger partial charge is 0.249 e. The third kappa shape index (κ3) is 6.55. The molecule has 3 amide bonds. The molecule has 8 heteroatoms. The molecule has 2 aromatic rings. The second kappa shape index (κ2) is 11.8. The largest absolute Gasteiger partial charge is 0.375 e. The summed E-state index contributed by atoms with van der Waals surface area (Å²) in [5.74, 6) is -0.321. The monoisotopic (exact) mass is 476 g/mol. The van der Waals surface area contributed by atoms with E-state index < -0.39 is 6.04 Å². The summed E-state index contributed by atoms with van der Waals surface area (Å²) in [5, 5.41) is 9.07. The third-order valence-electron chi connectivity index (χ3n) is 6.35. The fraction of sp³-hybridized carbons (Fsp3) is 0.370. The highest BCUT2D eigenvalue weighted by Gasteiger charge is 2.33. The first-order valence-corrected chi connectivity index (χ1v) is 12.1. The molecule has 184 valence electrons. The van der Waals surface area contributed by atoms with Crippen LogP contribution < -0.4 is 16.0 Å². The molecule has 0 saturated carbocycles. The van der Waals surface area contributed by atoms with Crippen molar-refractivity contribution in [2.24, 2.45) is 0 Å². The van der Waals surface area contributed by atoms with Gasteiger partial charge in [-0.1, -0.05) is 36.4 Å². The number of benzene rings is 2. The second-order valence-electron chi connectivity index (χ2n) is 8.88. The highest BCUT2D eigenvalue weighted by atomic mass is 16.5. The van der Waals surface area contributed by atoms with Gasteiger partial charge in [-0.3, -0.25) is 14.4 Å². The Kier molecular flexibility index (Phi) is 8.28. The molecule has 0 radical (unpaired) electrons. The van der Waals surface area contributed by atoms with E-state index in [0.717, 1.165) is 42.6 Å². The summed E-state index contributed by atoms with van der Waals surface area (Å²) in [6.45, 7) is 1.46. The normalized spacial score (nSPS) is 19.7. The van der Waals surface area contributed by atoms with E-state index in [9.17, 15) is 14.4 Å². The first-order chi connectivity index (χ1) is 17.0. The lowest BCUT2D eigenvalue weighted by atomic mass is 10.1. The van der Waals surface area contributed by atoms with Crippen molar-refractivity contribution in [3.8, 4) is 0 Å². The van der Waals surface area contributed by atoms with E-state index in [4.69, 9.17) is 4.74 Å². The van der Waals surface area contributed by atoms with Crippen molar-refractivity contribution < 1.29 is 19.1 Å². The third-order valence-corrected chi connectivity index (χ3v) is 6.35. The summed E-state index contributed by atoms with van der Waals surface area (Å²) < 4.78 is 4.92. The fourth-order valence-corrected chi connectivity index (χ4v) is 4.46. The van der Waals surface area contributed by atoms with Crippen molar-refractivity contribution in [1.82, 2.24) is 10.2 Å². The maximum atomic E-state index is 12.7. The van der Waals surface area contributed by atoms with Crippen LogP contribution in [0.25, 0.3) is 12.2 Å². The Bertz CT molecular complexity index is 1060. The minimum Gasteiger partial charge on any atom is -0.375 e. The molecule has 2 atom stereocenters. The molecule has 3 N–H and O–H groups in total. The van der Waals surface area contributed by atoms with E-state index in [0.29, 0.717) is 18.7 Å². The number of nitrogens with zero attached hydrogens (tertiary/aromatic N) is 1. The summed E-state index contributed by atoms with van der Waals surface area (Å²) in [5.41, 5.74) is 3.48. The Morgan fingerprint density at radius 2 is 1.51 bits per heavy atom. The number of rotatable bonds is 8. The zero-order chi connectivity index (χ0) is 24.6. The van der Waals surface area contributed by atoms with Crippen LogP contribution in [0.3, 0.4) is 0 Å². The summed E-state index contributed by atoms with van der Waals surface area (Å²) in [7, 11) is 1.48. The van der Waals surface area contributed by atoms with Crippen LogP contribution in [0.2, 0.25) is 0 Å². The average Bonchev–Trinajstić information content (AvgIpc) is 3.57. The molecule has 0 aliphatic carbocycles. The molecule has 0 bridgehead atoms. The lowest BCUT2D eigenvalue weighted by Crippen LogP contribution is -2.44. The summed E-state index contributed by atoms with van der Waals surface area (Å²) >= 11 is 0. The molecule has 2 saturated heterocycles. The maximum Gasteiger partial charge on any atom is 0.249 e. The molecule has 35 heavy (non-hydrogen) atoms. The van der Waals surface area contributed by atoms with Crippen molar-refractivity contribution in [2.75, 3.05) is 37.4 Å². The van der Waals surface area contributed by atoms with Gasteiger partial charge in [0.2, 0.25) is 17.7 Å². The first-order valence-electron chi connectivity index (χ1n) is 12.1. The van der Waals surface area contributed by atoms with Gasteiger partial charge in [0.1, 0.15) is 12.6 Å². The van der Waals surface area contributed by atoms with E-state index in [2.05, 4.69) is 16.0 Å². The molecular formula is C27H32N4O4. The van der Waals surface area contributed by atoms with Crippen molar-refractivity contribution in [3.63, 3.8) is 0 Å². The highest BCUT2D eigenvalue weighted by Crippen LogP contribution is 2.20. The molecule has 2 aromatic carbocycles. The zero-order valence-electron chi connectivity index (χ0n) is 20.0. The van der Waals surface area contributed by atoms with Gasteiger partial charge in [0.05, 0.1) is 6.04 Å². The minimum atomic E-state index is -0.459. The van der Waals surface area contributed by atoms with Crippen LogP contribution in [-0.4, -0.2) is 61.5 Å². The van der Waals surface area contributed by atoms with Crippen molar-refractivity contribution in [2.45, 2.75) is 37.8 Å². The van der Waals surface area contributed by atoms with E-state index in [1.165, 1.54) is 7.11 Å². The summed E-state index contributed by atoms with van der Waals surface area (Å²) in [6.07, 6.45) is 7.36. The number of nitrogens with one attached hydrogen (secondary N) is 3. The molecule has 2 heterocycles. The Morgan fingerprint density at radius 3 is 2.06 bits per heavy atom. The van der Waals surface area contributed by atoms with Crippen LogP contribution in [0.4, 0.5) is 11.4 Å². The van der Waals surface area contributed by atoms with E-state index in [1.807, 2.05) is 60.7 Å². The van der Waals surface area contributed by atoms with Crippen LogP contribution in [0.15, 0.2) is 48.5 Å². The van der Waals surface area contributed by atoms with Gasteiger partial charge in [0, 0.05) is 25.0 Å². The van der Waals surface area contributed by atoms with E-state index in [-0.39, 0.29) is 30.4 Å². The molecule has 0 aromatic heterocycles. The number of methoxy groups -OCH3 is 1. The zero-order valence-corrected chi connectivity index (χ0v) is 20.0. The van der Waals surface area contributed by atoms with Gasteiger partial charge >= 0.3 is 0 Å². The topological polar surface area (TPSA) is 99.8 Å². The Labute approximate surface area is 205 Å². The van der Waals surface area contributed by atoms with Gasteiger partial charge in [-0.2, -0.15) is 0 Å². The Morgan fingerprint density at radius 1 is 0.914 bits per heavy atom. The van der Waals surface area contributed by atoms with Gasteiger partial charge in [0.15, 0.2) is 0 Å². The van der Waals surface area contributed by atoms with Gasteiger partial charge in [-0.15, -0.1) is 0 Å². The predicted octanol–water partition coefficient (Wildman–Crippen LogP) is 3.12. The number of ether oxygens (including phenoxy) is 1. The van der Waals surface area contributed by atoms with Gasteiger partial charge in [-0.05, 0) is 67.6 Å². The maximum absolute atomic E-state index is 12.7. The van der Waals surface area contributed by atoms with Crippen LogP contribution in [-0.2, 0) is 19.1 Å². The van der Waals surface area contributed by atoms with Gasteiger partial charge < -0.3 is 25.6 Å². The molecule has 0 spiro atoms. The number of anilines is 2. The van der Waals surface area contributed by atoms with E-state index >= 15 is 0 Å². The lowest BCUT2D eigenvalue weighted by molar-refractivity contribution is -0.139. The molecular weight excluding hydrogens is 444 g/mol. The van der Waals surface area contributed by atoms with Crippen LogP contribution in [0, 0.1) is 0 Å². The van der Waals surface area contributed by atoms with Crippen molar-refractivity contribution in [1.29, 1.82) is 0 Å². The molecule has 2 aliphatic heterocycles. The van der Waals surface area contributed by atoms with Gasteiger partial charge in [0.25, 0.3) is 0 Å². The Balaban J connectivity index is 1.29. The van der Waals surface area contributed by atoms with Crippen LogP contribution in [0.1, 0.15) is 36.8 Å². The summed E-state index contributed by atoms with van der Waals surface area (Å²) in [4.78, 5) is 38.7. The molecule has 8 nitrogen and oxygen atoms in total. The standard InChI is InChI=1S/C27H32N4O4/c1-35-18-25(32)31-17-3-5-24(31)27(34)30-22-14-10-20(11-15-22)7-6-19-8-12-21(13-9-19)29-26(33)23-4-2-16-28-23/h6-15,23-24,28H,2-5,16-18H2,1H3,(H,29,33)(H,30,34)/b7-6+/t23-,24-/m0/s1. The molecule has 4 rings (SSSR count). The predicted molar refractivity (Wildman–Crippen MR) is 137 cm³/mol. The molecule has 0 unspecified atom stereocenters. The number of carbonyl (C=O) groups excluding carboxylic acids is 3. The number of hydrogen-bond donors (Lipinski definition) is 3. The highest BCUT2D eigenvalue weighted by molar-refractivity contribution is 5.98. The Hall–Kier alpha value is -3.49. The first kappa shape index (κ1) is 24.6. The van der Waals surface area contributed by atoms with Crippen LogP contribution in [0.5, 0.6) is 0 Å². The number of amides is 3. The number of carbonyl (C=O) groups is 3. The quantitative estimate of drug-likeness (QED) is 0.509. The second-order valence-corrected chi connectivity index (χ2v) is 8.88. The summed E-state index contributed by atoms with van der Waals surface area (Å²) in [6, 6.07) is 14.7. The van der Waals surface area contributed by atoms with Crippen molar-refractivity contribution in [3.05, 3.63) is 59.7 Å². The van der Waals surface area contributed by atoms with E-state index in [1.54, 1.807) is 4.90 Å². The fourth-order valence-electron chi connectivity index (χ4n) is 4.46. The lowest BCUT2D eigenvalue weighted by Gasteiger charge is -2.23. The SMILES string of the molecule is COCC(=O)N1CCC[C@H]1C(=O)Nc1ccc(/C=C/c2ccc(NC(=O)[C@@H]3CCCN3)cc2)cc1. The number of likely N-dealkylation sites (tertiary alicyclic amines) is 1. The minimum absolute atomic E-state index is 0.0138. The molecule has 2 fully saturated rings. The van der Waals surface area contributed by atoms with Gasteiger partial charge in [-0.25, -0.2) is 0 Å².